The zero-order chi connectivity index (χ0) is 8.27. The molecule has 0 aromatic heterocycles. The topological polar surface area (TPSA) is 24.4 Å². The van der Waals surface area contributed by atoms with Crippen LogP contribution in [0.4, 0.5) is 11.4 Å². The van der Waals surface area contributed by atoms with E-state index in [0.717, 1.165) is 11.4 Å². The van der Waals surface area contributed by atoms with E-state index in [1.807, 2.05) is 26.1 Å². The average molecular weight is 148 g/mol. The van der Waals surface area contributed by atoms with Crippen molar-refractivity contribution >= 4 is 18.1 Å². The Morgan fingerprint density at radius 3 is 2.64 bits per heavy atom. The largest absolute Gasteiger partial charge is 0.388 e. The molecule has 0 aliphatic heterocycles. The Kier molecular flexibility index (Phi) is 2.26. The summed E-state index contributed by atoms with van der Waals surface area (Å²) in [6.45, 7) is 5.51. The van der Waals surface area contributed by atoms with Crippen molar-refractivity contribution in [2.24, 2.45) is 4.99 Å². The first-order valence-electron chi connectivity index (χ1n) is 3.52. The highest BCUT2D eigenvalue weighted by atomic mass is 14.8. The van der Waals surface area contributed by atoms with Crippen LogP contribution < -0.4 is 5.32 Å². The summed E-state index contributed by atoms with van der Waals surface area (Å²) >= 11 is 0. The monoisotopic (exact) mass is 148 g/mol. The van der Waals surface area contributed by atoms with Crippen molar-refractivity contribution in [1.29, 1.82) is 0 Å². The van der Waals surface area contributed by atoms with E-state index in [0.29, 0.717) is 0 Å². The van der Waals surface area contributed by atoms with Crippen LogP contribution in [0.15, 0.2) is 23.2 Å². The summed E-state index contributed by atoms with van der Waals surface area (Å²) in [6.07, 6.45) is 0. The van der Waals surface area contributed by atoms with Crippen LogP contribution in [-0.4, -0.2) is 13.8 Å². The van der Waals surface area contributed by atoms with E-state index in [4.69, 9.17) is 0 Å². The van der Waals surface area contributed by atoms with Crippen molar-refractivity contribution in [2.45, 2.75) is 6.92 Å². The minimum atomic E-state index is 0.911. The molecule has 0 fully saturated rings. The number of hydrogen-bond donors (Lipinski definition) is 1. The maximum Gasteiger partial charge on any atom is 0.0645 e. The molecule has 0 saturated carbocycles. The van der Waals surface area contributed by atoms with Crippen molar-refractivity contribution in [3.05, 3.63) is 23.8 Å². The zero-order valence-corrected chi connectivity index (χ0v) is 6.89. The van der Waals surface area contributed by atoms with Gasteiger partial charge in [-0.2, -0.15) is 0 Å². The van der Waals surface area contributed by atoms with Gasteiger partial charge in [0.25, 0.3) is 0 Å². The molecular formula is C9H12N2. The van der Waals surface area contributed by atoms with E-state index < -0.39 is 0 Å². The van der Waals surface area contributed by atoms with Crippen molar-refractivity contribution in [2.75, 3.05) is 12.4 Å². The molecule has 0 aliphatic rings. The van der Waals surface area contributed by atoms with Gasteiger partial charge in [0.1, 0.15) is 0 Å². The van der Waals surface area contributed by atoms with Crippen molar-refractivity contribution < 1.29 is 0 Å². The molecule has 0 spiro atoms. The highest BCUT2D eigenvalue weighted by Gasteiger charge is 1.93. The molecule has 58 valence electrons. The maximum atomic E-state index is 3.85. The summed E-state index contributed by atoms with van der Waals surface area (Å²) in [5.41, 5.74) is 3.18. The van der Waals surface area contributed by atoms with Crippen LogP contribution in [0.5, 0.6) is 0 Å². The molecule has 1 aromatic carbocycles. The number of benzene rings is 1. The fourth-order valence-corrected chi connectivity index (χ4v) is 0.998. The van der Waals surface area contributed by atoms with E-state index in [2.05, 4.69) is 23.1 Å². The first kappa shape index (κ1) is 7.79. The lowest BCUT2D eigenvalue weighted by atomic mass is 10.2. The molecule has 1 rings (SSSR count). The standard InChI is InChI=1S/C9H12N2/c1-7-4-8(10-2)6-9(5-7)11-3/h4-6,11H,2H2,1,3H3. The molecule has 0 unspecified atom stereocenters. The number of aryl methyl sites for hydroxylation is 1. The molecule has 2 nitrogen and oxygen atoms in total. The third kappa shape index (κ3) is 1.80. The lowest BCUT2D eigenvalue weighted by molar-refractivity contribution is 1.40. The molecule has 0 bridgehead atoms. The second kappa shape index (κ2) is 3.19. The first-order chi connectivity index (χ1) is 5.26. The quantitative estimate of drug-likeness (QED) is 0.640. The van der Waals surface area contributed by atoms with Gasteiger partial charge in [-0.25, -0.2) is 0 Å². The molecule has 0 aliphatic carbocycles. The van der Waals surface area contributed by atoms with Gasteiger partial charge in [-0.15, -0.1) is 0 Å². The van der Waals surface area contributed by atoms with E-state index in [9.17, 15) is 0 Å². The zero-order valence-electron chi connectivity index (χ0n) is 6.89. The van der Waals surface area contributed by atoms with Gasteiger partial charge in [0, 0.05) is 12.7 Å². The Hall–Kier alpha value is -1.31. The van der Waals surface area contributed by atoms with E-state index >= 15 is 0 Å². The minimum absolute atomic E-state index is 0.911. The minimum Gasteiger partial charge on any atom is -0.388 e. The number of rotatable bonds is 2. The Morgan fingerprint density at radius 2 is 2.09 bits per heavy atom. The summed E-state index contributed by atoms with van der Waals surface area (Å²) in [5, 5.41) is 3.05. The summed E-state index contributed by atoms with van der Waals surface area (Å²) in [6, 6.07) is 6.02. The SMILES string of the molecule is C=Nc1cc(C)cc(NC)c1. The molecule has 11 heavy (non-hydrogen) atoms. The highest BCUT2D eigenvalue weighted by Crippen LogP contribution is 2.19. The first-order valence-corrected chi connectivity index (χ1v) is 3.52. The van der Waals surface area contributed by atoms with E-state index in [1.165, 1.54) is 5.56 Å². The van der Waals surface area contributed by atoms with Gasteiger partial charge >= 0.3 is 0 Å². The van der Waals surface area contributed by atoms with Gasteiger partial charge in [-0.05, 0) is 37.4 Å². The van der Waals surface area contributed by atoms with Crippen LogP contribution in [-0.2, 0) is 0 Å². The molecule has 0 heterocycles. The van der Waals surface area contributed by atoms with Gasteiger partial charge in [-0.1, -0.05) is 0 Å². The Balaban J connectivity index is 3.11. The lowest BCUT2D eigenvalue weighted by Crippen LogP contribution is -1.87. The van der Waals surface area contributed by atoms with E-state index in [-0.39, 0.29) is 0 Å². The molecular weight excluding hydrogens is 136 g/mol. The number of nitrogens with one attached hydrogen (secondary N) is 1. The second-order valence-corrected chi connectivity index (χ2v) is 2.47. The second-order valence-electron chi connectivity index (χ2n) is 2.47. The van der Waals surface area contributed by atoms with Gasteiger partial charge < -0.3 is 5.32 Å². The number of nitrogens with zero attached hydrogens (tertiary/aromatic N) is 1. The molecule has 0 atom stereocenters. The van der Waals surface area contributed by atoms with Crippen LogP contribution in [0.3, 0.4) is 0 Å². The molecule has 0 radical (unpaired) electrons. The van der Waals surface area contributed by atoms with Crippen LogP contribution >= 0.6 is 0 Å². The summed E-state index contributed by atoms with van der Waals surface area (Å²) in [7, 11) is 1.89. The third-order valence-corrected chi connectivity index (χ3v) is 1.53. The smallest absolute Gasteiger partial charge is 0.0645 e. The van der Waals surface area contributed by atoms with Gasteiger partial charge in [0.05, 0.1) is 5.69 Å². The number of hydrogen-bond acceptors (Lipinski definition) is 2. The maximum absolute atomic E-state index is 3.85. The number of anilines is 1. The fourth-order valence-electron chi connectivity index (χ4n) is 0.998. The molecule has 0 amide bonds. The van der Waals surface area contributed by atoms with Gasteiger partial charge in [0.2, 0.25) is 0 Å². The Bertz CT molecular complexity index is 266. The van der Waals surface area contributed by atoms with Crippen LogP contribution in [0.25, 0.3) is 0 Å². The molecule has 2 heteroatoms. The highest BCUT2D eigenvalue weighted by molar-refractivity contribution is 5.58. The van der Waals surface area contributed by atoms with Crippen LogP contribution in [0.2, 0.25) is 0 Å². The summed E-state index contributed by atoms with van der Waals surface area (Å²) in [5.74, 6) is 0. The fraction of sp³-hybridized carbons (Fsp3) is 0.222. The van der Waals surface area contributed by atoms with Crippen molar-refractivity contribution in [1.82, 2.24) is 0 Å². The third-order valence-electron chi connectivity index (χ3n) is 1.53. The molecule has 0 saturated heterocycles. The lowest BCUT2D eigenvalue weighted by Gasteiger charge is -2.02. The average Bonchev–Trinajstić information content (AvgIpc) is 2.03. The summed E-state index contributed by atoms with van der Waals surface area (Å²) < 4.78 is 0. The molecule has 1 aromatic rings. The molecule has 1 N–H and O–H groups in total. The van der Waals surface area contributed by atoms with E-state index in [1.54, 1.807) is 0 Å². The number of aliphatic imine (C=N–C) groups is 1. The van der Waals surface area contributed by atoms with Gasteiger partial charge in [0.15, 0.2) is 0 Å². The predicted molar refractivity (Wildman–Crippen MR) is 49.9 cm³/mol. The predicted octanol–water partition coefficient (Wildman–Crippen LogP) is 2.37. The van der Waals surface area contributed by atoms with Gasteiger partial charge in [-0.3, -0.25) is 4.99 Å². The normalized spacial score (nSPS) is 9.27. The van der Waals surface area contributed by atoms with Crippen LogP contribution in [0, 0.1) is 6.92 Å². The Morgan fingerprint density at radius 1 is 1.36 bits per heavy atom. The Labute approximate surface area is 67.0 Å². The van der Waals surface area contributed by atoms with Crippen LogP contribution in [0.1, 0.15) is 5.56 Å². The summed E-state index contributed by atoms with van der Waals surface area (Å²) in [4.78, 5) is 3.85. The van der Waals surface area contributed by atoms with Crippen molar-refractivity contribution in [3.8, 4) is 0 Å². The van der Waals surface area contributed by atoms with Crippen molar-refractivity contribution in [3.63, 3.8) is 0 Å².